The van der Waals surface area contributed by atoms with Gasteiger partial charge in [0.15, 0.2) is 0 Å². The van der Waals surface area contributed by atoms with Gasteiger partial charge in [-0.1, -0.05) is 11.6 Å². The van der Waals surface area contributed by atoms with E-state index in [1.807, 2.05) is 54.5 Å². The van der Waals surface area contributed by atoms with Crippen LogP contribution in [0.2, 0.25) is 5.02 Å². The predicted octanol–water partition coefficient (Wildman–Crippen LogP) is 4.88. The number of thioether (sulfide) groups is 1. The third-order valence-corrected chi connectivity index (χ3v) is 8.23. The van der Waals surface area contributed by atoms with E-state index in [0.717, 1.165) is 21.4 Å². The summed E-state index contributed by atoms with van der Waals surface area (Å²) in [5, 5.41) is 1.58. The molecule has 1 aromatic heterocycles. The molecule has 4 rings (SSSR count). The number of aromatic nitrogens is 2. The van der Waals surface area contributed by atoms with Crippen LogP contribution in [-0.4, -0.2) is 70.3 Å². The molecule has 2 aliphatic heterocycles. The third-order valence-electron chi connectivity index (χ3n) is 6.39. The van der Waals surface area contributed by atoms with Gasteiger partial charge >= 0.3 is 11.8 Å². The molecule has 0 radical (unpaired) electrons. The number of nitrogens with zero attached hydrogens (tertiary/aromatic N) is 4. The second kappa shape index (κ2) is 9.82. The summed E-state index contributed by atoms with van der Waals surface area (Å²) in [7, 11) is 0. The minimum absolute atomic E-state index is 0.107. The van der Waals surface area contributed by atoms with Crippen LogP contribution in [0.3, 0.4) is 0 Å². The van der Waals surface area contributed by atoms with Crippen LogP contribution in [0.25, 0.3) is 10.9 Å². The lowest BCUT2D eigenvalue weighted by Crippen LogP contribution is -2.60. The first-order valence-corrected chi connectivity index (χ1v) is 13.5. The van der Waals surface area contributed by atoms with Crippen LogP contribution in [0.4, 0.5) is 10.6 Å². The number of amides is 1. The van der Waals surface area contributed by atoms with Gasteiger partial charge in [-0.05, 0) is 60.1 Å². The molecule has 8 nitrogen and oxygen atoms in total. The van der Waals surface area contributed by atoms with Gasteiger partial charge in [-0.2, -0.15) is 4.98 Å². The average Bonchev–Trinajstić information content (AvgIpc) is 2.75. The SMILES string of the molecule is CCOC[C@H]1CSc2c(Cl)c(C)cc3c(N4C[C@@H](C)N(C(=O)OC(C)(C)C)[C@@H](C)C4)nc(=O)n1c23. The van der Waals surface area contributed by atoms with Gasteiger partial charge in [-0.25, -0.2) is 9.59 Å². The van der Waals surface area contributed by atoms with E-state index in [1.165, 1.54) is 0 Å². The van der Waals surface area contributed by atoms with Crippen LogP contribution >= 0.6 is 23.4 Å². The minimum Gasteiger partial charge on any atom is -0.444 e. The number of carbonyl (C=O) groups is 1. The zero-order valence-corrected chi connectivity index (χ0v) is 23.1. The van der Waals surface area contributed by atoms with Gasteiger partial charge in [0.1, 0.15) is 11.4 Å². The van der Waals surface area contributed by atoms with E-state index in [9.17, 15) is 9.59 Å². The van der Waals surface area contributed by atoms with Crippen molar-refractivity contribution in [2.45, 2.75) is 77.1 Å². The highest BCUT2D eigenvalue weighted by Crippen LogP contribution is 2.44. The first-order chi connectivity index (χ1) is 16.4. The molecule has 0 aliphatic carbocycles. The fourth-order valence-corrected chi connectivity index (χ4v) is 6.52. The number of aryl methyl sites for hydroxylation is 1. The van der Waals surface area contributed by atoms with Crippen molar-refractivity contribution in [2.24, 2.45) is 0 Å². The molecule has 1 amide bonds. The second-order valence-corrected chi connectivity index (χ2v) is 11.8. The number of piperazine rings is 1. The van der Waals surface area contributed by atoms with Crippen molar-refractivity contribution in [3.63, 3.8) is 0 Å². The Hall–Kier alpha value is -1.97. The average molecular weight is 523 g/mol. The number of anilines is 1. The first-order valence-electron chi connectivity index (χ1n) is 12.1. The molecule has 192 valence electrons. The molecular formula is C25H35ClN4O4S. The summed E-state index contributed by atoms with van der Waals surface area (Å²) in [5.74, 6) is 1.34. The number of ether oxygens (including phenoxy) is 2. The minimum atomic E-state index is -0.563. The Labute approximate surface area is 215 Å². The number of carbonyl (C=O) groups excluding carboxylic acids is 1. The predicted molar refractivity (Wildman–Crippen MR) is 141 cm³/mol. The van der Waals surface area contributed by atoms with Crippen molar-refractivity contribution in [1.29, 1.82) is 0 Å². The maximum Gasteiger partial charge on any atom is 0.410 e. The summed E-state index contributed by atoms with van der Waals surface area (Å²) in [6.07, 6.45) is -0.320. The summed E-state index contributed by atoms with van der Waals surface area (Å²) < 4.78 is 13.1. The maximum atomic E-state index is 13.4. The summed E-state index contributed by atoms with van der Waals surface area (Å²) >= 11 is 8.38. The van der Waals surface area contributed by atoms with E-state index in [-0.39, 0.29) is 29.9 Å². The van der Waals surface area contributed by atoms with Crippen molar-refractivity contribution in [1.82, 2.24) is 14.5 Å². The van der Waals surface area contributed by atoms with E-state index in [2.05, 4.69) is 9.88 Å². The quantitative estimate of drug-likeness (QED) is 0.566. The van der Waals surface area contributed by atoms with Gasteiger partial charge in [0, 0.05) is 30.8 Å². The van der Waals surface area contributed by atoms with Gasteiger partial charge in [0.2, 0.25) is 0 Å². The fourth-order valence-electron chi connectivity index (χ4n) is 4.98. The van der Waals surface area contributed by atoms with Crippen LogP contribution in [0.5, 0.6) is 0 Å². The van der Waals surface area contributed by atoms with Crippen LogP contribution in [0, 0.1) is 6.92 Å². The van der Waals surface area contributed by atoms with E-state index in [4.69, 9.17) is 21.1 Å². The van der Waals surface area contributed by atoms with Crippen LogP contribution in [-0.2, 0) is 9.47 Å². The summed E-state index contributed by atoms with van der Waals surface area (Å²) in [6, 6.07) is 1.69. The zero-order valence-electron chi connectivity index (χ0n) is 21.6. The molecule has 1 saturated heterocycles. The number of hydrogen-bond acceptors (Lipinski definition) is 7. The summed E-state index contributed by atoms with van der Waals surface area (Å²) in [6.45, 7) is 15.7. The third kappa shape index (κ3) is 5.00. The number of rotatable bonds is 4. The van der Waals surface area contributed by atoms with E-state index >= 15 is 0 Å². The lowest BCUT2D eigenvalue weighted by Gasteiger charge is -2.45. The van der Waals surface area contributed by atoms with E-state index < -0.39 is 5.60 Å². The lowest BCUT2D eigenvalue weighted by molar-refractivity contribution is 0.00562. The topological polar surface area (TPSA) is 76.9 Å². The van der Waals surface area contributed by atoms with Gasteiger partial charge < -0.3 is 14.4 Å². The highest BCUT2D eigenvalue weighted by atomic mass is 35.5. The molecule has 0 saturated carbocycles. The van der Waals surface area contributed by atoms with Crippen LogP contribution in [0.15, 0.2) is 15.8 Å². The number of halogens is 1. The molecule has 3 heterocycles. The normalized spacial score (nSPS) is 22.6. The van der Waals surface area contributed by atoms with Gasteiger partial charge in [0.05, 0.1) is 40.2 Å². The van der Waals surface area contributed by atoms with Gasteiger partial charge in [0.25, 0.3) is 0 Å². The van der Waals surface area contributed by atoms with Crippen molar-refractivity contribution >= 4 is 46.2 Å². The first kappa shape index (κ1) is 26.1. The molecule has 10 heteroatoms. The Kier molecular flexibility index (Phi) is 7.33. The van der Waals surface area contributed by atoms with Crippen LogP contribution < -0.4 is 10.6 Å². The van der Waals surface area contributed by atoms with E-state index in [0.29, 0.717) is 42.9 Å². The molecule has 0 bridgehead atoms. The highest BCUT2D eigenvalue weighted by Gasteiger charge is 2.37. The molecule has 1 fully saturated rings. The Bertz CT molecular complexity index is 1180. The van der Waals surface area contributed by atoms with Crippen LogP contribution in [0.1, 0.15) is 53.1 Å². The van der Waals surface area contributed by atoms with Crippen molar-refractivity contribution in [3.05, 3.63) is 27.1 Å². The van der Waals surface area contributed by atoms with Crippen molar-refractivity contribution in [2.75, 3.05) is 37.0 Å². The molecule has 3 atom stereocenters. The molecule has 2 aliphatic rings. The largest absolute Gasteiger partial charge is 0.444 e. The maximum absolute atomic E-state index is 13.4. The molecule has 0 N–H and O–H groups in total. The Morgan fingerprint density at radius 2 is 1.91 bits per heavy atom. The monoisotopic (exact) mass is 522 g/mol. The summed E-state index contributed by atoms with van der Waals surface area (Å²) in [5.41, 5.74) is 0.915. The molecular weight excluding hydrogens is 488 g/mol. The molecule has 35 heavy (non-hydrogen) atoms. The molecule has 2 aromatic rings. The number of hydrogen-bond donors (Lipinski definition) is 0. The summed E-state index contributed by atoms with van der Waals surface area (Å²) in [4.78, 5) is 35.7. The zero-order chi connectivity index (χ0) is 25.7. The Balaban J connectivity index is 1.76. The number of benzene rings is 1. The molecule has 0 spiro atoms. The van der Waals surface area contributed by atoms with Gasteiger partial charge in [-0.3, -0.25) is 9.47 Å². The van der Waals surface area contributed by atoms with Crippen molar-refractivity contribution < 1.29 is 14.3 Å². The smallest absolute Gasteiger partial charge is 0.410 e. The molecule has 1 aromatic carbocycles. The molecule has 0 unspecified atom stereocenters. The Morgan fingerprint density at radius 1 is 1.26 bits per heavy atom. The van der Waals surface area contributed by atoms with E-state index in [1.54, 1.807) is 21.2 Å². The highest BCUT2D eigenvalue weighted by molar-refractivity contribution is 7.99. The van der Waals surface area contributed by atoms with Crippen molar-refractivity contribution in [3.8, 4) is 0 Å². The fraction of sp³-hybridized carbons (Fsp3) is 0.640. The van der Waals surface area contributed by atoms with Gasteiger partial charge in [-0.15, -0.1) is 11.8 Å². The lowest BCUT2D eigenvalue weighted by atomic mass is 10.1. The standard InChI is InChI=1S/C25H35ClN4O4S/c1-8-33-12-17-13-35-21-19(26)14(2)9-18-20(21)30(17)23(31)27-22(18)28-10-15(3)29(16(4)11-28)24(32)34-25(5,6)7/h9,15-17H,8,10-13H2,1-7H3/t15-,16+,17-/m0/s1. The Morgan fingerprint density at radius 3 is 2.51 bits per heavy atom. The second-order valence-electron chi connectivity index (χ2n) is 10.4.